The molecule has 1 heterocycles. The second-order valence-corrected chi connectivity index (χ2v) is 4.97. The Hall–Kier alpha value is -0.840. The summed E-state index contributed by atoms with van der Waals surface area (Å²) in [6.07, 6.45) is 0.351. The predicted molar refractivity (Wildman–Crippen MR) is 68.6 cm³/mol. The van der Waals surface area contributed by atoms with E-state index in [1.165, 1.54) is 6.26 Å². The van der Waals surface area contributed by atoms with E-state index in [1.54, 1.807) is 0 Å². The normalized spacial score (nSPS) is 28.4. The van der Waals surface area contributed by atoms with Gasteiger partial charge in [0.25, 0.3) is 0 Å². The summed E-state index contributed by atoms with van der Waals surface area (Å²) >= 11 is 3.25. The lowest BCUT2D eigenvalue weighted by molar-refractivity contribution is -0.103. The van der Waals surface area contributed by atoms with Gasteiger partial charge in [0.1, 0.15) is 18.3 Å². The standard InChI is InChI=1S/C13H15BrO3/c1-9-13(12(15)11(14)8-16-9)17-7-10-5-3-2-4-6-10/h2-6,8-9,12-13,15H,7H2,1H3/t9-,12-,13-/m0/s1. The Bertz CT molecular complexity index is 391. The Morgan fingerprint density at radius 2 is 2.06 bits per heavy atom. The topological polar surface area (TPSA) is 38.7 Å². The second kappa shape index (κ2) is 5.67. The maximum atomic E-state index is 9.97. The smallest absolute Gasteiger partial charge is 0.125 e. The van der Waals surface area contributed by atoms with Crippen molar-refractivity contribution in [2.45, 2.75) is 31.8 Å². The lowest BCUT2D eigenvalue weighted by atomic mass is 10.1. The van der Waals surface area contributed by atoms with Crippen molar-refractivity contribution in [1.29, 1.82) is 0 Å². The summed E-state index contributed by atoms with van der Waals surface area (Å²) in [4.78, 5) is 0. The van der Waals surface area contributed by atoms with E-state index >= 15 is 0 Å². The summed E-state index contributed by atoms with van der Waals surface area (Å²) < 4.78 is 11.7. The Kier molecular flexibility index (Phi) is 4.20. The molecule has 0 saturated carbocycles. The lowest BCUT2D eigenvalue weighted by Gasteiger charge is -2.31. The Labute approximate surface area is 109 Å². The molecule has 4 heteroatoms. The number of rotatable bonds is 3. The molecule has 3 atom stereocenters. The molecule has 3 nitrogen and oxygen atoms in total. The minimum Gasteiger partial charge on any atom is -0.495 e. The second-order valence-electron chi connectivity index (χ2n) is 4.05. The van der Waals surface area contributed by atoms with Gasteiger partial charge < -0.3 is 14.6 Å². The molecule has 2 rings (SSSR count). The monoisotopic (exact) mass is 298 g/mol. The van der Waals surface area contributed by atoms with Crippen molar-refractivity contribution in [3.8, 4) is 0 Å². The van der Waals surface area contributed by atoms with Gasteiger partial charge in [0.2, 0.25) is 0 Å². The van der Waals surface area contributed by atoms with Crippen LogP contribution in [0.2, 0.25) is 0 Å². The van der Waals surface area contributed by atoms with Gasteiger partial charge in [0, 0.05) is 0 Å². The van der Waals surface area contributed by atoms with Crippen LogP contribution in [0.1, 0.15) is 12.5 Å². The van der Waals surface area contributed by atoms with Crippen molar-refractivity contribution < 1.29 is 14.6 Å². The van der Waals surface area contributed by atoms with Gasteiger partial charge in [-0.3, -0.25) is 0 Å². The molecule has 1 aromatic rings. The van der Waals surface area contributed by atoms with Crippen molar-refractivity contribution >= 4 is 15.9 Å². The molecule has 0 bridgehead atoms. The number of ether oxygens (including phenoxy) is 2. The number of hydrogen-bond acceptors (Lipinski definition) is 3. The first kappa shape index (κ1) is 12.6. The van der Waals surface area contributed by atoms with Gasteiger partial charge >= 0.3 is 0 Å². The molecule has 92 valence electrons. The third-order valence-corrected chi connectivity index (χ3v) is 3.39. The number of hydrogen-bond donors (Lipinski definition) is 1. The third-order valence-electron chi connectivity index (χ3n) is 2.74. The fourth-order valence-electron chi connectivity index (χ4n) is 1.73. The van der Waals surface area contributed by atoms with Crippen molar-refractivity contribution in [3.63, 3.8) is 0 Å². The first-order valence-corrected chi connectivity index (χ1v) is 6.32. The maximum absolute atomic E-state index is 9.97. The van der Waals surface area contributed by atoms with Gasteiger partial charge in [0.05, 0.1) is 17.4 Å². The molecule has 0 fully saturated rings. The predicted octanol–water partition coefficient (Wildman–Crippen LogP) is 2.59. The van der Waals surface area contributed by atoms with E-state index < -0.39 is 6.10 Å². The van der Waals surface area contributed by atoms with Crippen LogP contribution in [0.4, 0.5) is 0 Å². The van der Waals surface area contributed by atoms with Gasteiger partial charge in [0.15, 0.2) is 0 Å². The van der Waals surface area contributed by atoms with E-state index in [-0.39, 0.29) is 12.2 Å². The van der Waals surface area contributed by atoms with Gasteiger partial charge in [-0.1, -0.05) is 30.3 Å². The highest BCUT2D eigenvalue weighted by molar-refractivity contribution is 9.11. The molecule has 0 aromatic heterocycles. The largest absolute Gasteiger partial charge is 0.495 e. The van der Waals surface area contributed by atoms with E-state index in [0.717, 1.165) is 5.56 Å². The minimum atomic E-state index is -0.664. The van der Waals surface area contributed by atoms with Crippen LogP contribution < -0.4 is 0 Å². The quantitative estimate of drug-likeness (QED) is 0.932. The minimum absolute atomic E-state index is 0.157. The zero-order valence-electron chi connectivity index (χ0n) is 9.54. The third kappa shape index (κ3) is 3.09. The SMILES string of the molecule is C[C@@H]1OC=C(Br)[C@H](O)[C@H]1OCc1ccccc1. The average Bonchev–Trinajstić information content (AvgIpc) is 2.35. The fourth-order valence-corrected chi connectivity index (χ4v) is 2.09. The van der Waals surface area contributed by atoms with Crippen molar-refractivity contribution in [1.82, 2.24) is 0 Å². The van der Waals surface area contributed by atoms with Gasteiger partial charge in [-0.25, -0.2) is 0 Å². The van der Waals surface area contributed by atoms with Crippen molar-refractivity contribution in [3.05, 3.63) is 46.6 Å². The van der Waals surface area contributed by atoms with E-state index in [9.17, 15) is 5.11 Å². The van der Waals surface area contributed by atoms with Crippen LogP contribution >= 0.6 is 15.9 Å². The molecular formula is C13H15BrO3. The molecule has 1 aliphatic rings. The lowest BCUT2D eigenvalue weighted by Crippen LogP contribution is -2.42. The van der Waals surface area contributed by atoms with Crippen LogP contribution in [0.3, 0.4) is 0 Å². The van der Waals surface area contributed by atoms with E-state index in [0.29, 0.717) is 11.1 Å². The number of benzene rings is 1. The number of halogens is 1. The van der Waals surface area contributed by atoms with Gasteiger partial charge in [-0.15, -0.1) is 0 Å². The number of aliphatic hydroxyl groups excluding tert-OH is 1. The Balaban J connectivity index is 1.97. The van der Waals surface area contributed by atoms with Crippen LogP contribution in [0.15, 0.2) is 41.1 Å². The van der Waals surface area contributed by atoms with Gasteiger partial charge in [-0.2, -0.15) is 0 Å². The molecule has 17 heavy (non-hydrogen) atoms. The average molecular weight is 299 g/mol. The van der Waals surface area contributed by atoms with Gasteiger partial charge in [-0.05, 0) is 28.4 Å². The van der Waals surface area contributed by atoms with Crippen molar-refractivity contribution in [2.24, 2.45) is 0 Å². The molecule has 0 amide bonds. The molecule has 1 aromatic carbocycles. The zero-order valence-corrected chi connectivity index (χ0v) is 11.1. The van der Waals surface area contributed by atoms with Crippen LogP contribution in [-0.4, -0.2) is 23.4 Å². The molecule has 1 aliphatic heterocycles. The molecular weight excluding hydrogens is 284 g/mol. The first-order chi connectivity index (χ1) is 8.18. The van der Waals surface area contributed by atoms with E-state index in [1.807, 2.05) is 37.3 Å². The summed E-state index contributed by atoms with van der Waals surface area (Å²) in [6, 6.07) is 9.87. The molecule has 0 aliphatic carbocycles. The zero-order chi connectivity index (χ0) is 12.3. The van der Waals surface area contributed by atoms with Crippen LogP contribution in [0, 0.1) is 0 Å². The fraction of sp³-hybridized carbons (Fsp3) is 0.385. The van der Waals surface area contributed by atoms with E-state index in [4.69, 9.17) is 9.47 Å². The van der Waals surface area contributed by atoms with Crippen LogP contribution in [-0.2, 0) is 16.1 Å². The molecule has 0 saturated heterocycles. The highest BCUT2D eigenvalue weighted by Crippen LogP contribution is 2.26. The molecule has 1 N–H and O–H groups in total. The van der Waals surface area contributed by atoms with Crippen LogP contribution in [0.5, 0.6) is 0 Å². The number of aliphatic hydroxyl groups is 1. The Morgan fingerprint density at radius 1 is 1.35 bits per heavy atom. The summed E-state index contributed by atoms with van der Waals surface area (Å²) in [5.41, 5.74) is 1.08. The maximum Gasteiger partial charge on any atom is 0.125 e. The summed E-state index contributed by atoms with van der Waals surface area (Å²) in [5.74, 6) is 0. The highest BCUT2D eigenvalue weighted by Gasteiger charge is 2.32. The summed E-state index contributed by atoms with van der Waals surface area (Å²) in [6.45, 7) is 2.35. The van der Waals surface area contributed by atoms with E-state index in [2.05, 4.69) is 15.9 Å². The molecule has 0 radical (unpaired) electrons. The first-order valence-electron chi connectivity index (χ1n) is 5.53. The summed E-state index contributed by atoms with van der Waals surface area (Å²) in [7, 11) is 0. The van der Waals surface area contributed by atoms with Crippen LogP contribution in [0.25, 0.3) is 0 Å². The highest BCUT2D eigenvalue weighted by atomic mass is 79.9. The molecule has 0 spiro atoms. The Morgan fingerprint density at radius 3 is 2.76 bits per heavy atom. The summed E-state index contributed by atoms with van der Waals surface area (Å²) in [5, 5.41) is 9.97. The molecule has 0 unspecified atom stereocenters. The van der Waals surface area contributed by atoms with Crippen molar-refractivity contribution in [2.75, 3.05) is 0 Å².